The SMILES string of the molecule is Cc1cc(Cl)c(C)c(F)c1OCC1CN(C(=O)OC(C)(C)C)CCN1C=O. The van der Waals surface area contributed by atoms with E-state index in [-0.39, 0.29) is 18.9 Å². The predicted molar refractivity (Wildman–Crippen MR) is 101 cm³/mol. The number of rotatable bonds is 4. The maximum atomic E-state index is 14.5. The zero-order chi connectivity index (χ0) is 20.4. The molecule has 1 aliphatic rings. The van der Waals surface area contributed by atoms with Crippen molar-refractivity contribution in [3.8, 4) is 5.75 Å². The molecule has 1 fully saturated rings. The van der Waals surface area contributed by atoms with Gasteiger partial charge in [-0.1, -0.05) is 11.6 Å². The molecule has 1 heterocycles. The van der Waals surface area contributed by atoms with Crippen LogP contribution in [-0.4, -0.2) is 60.2 Å². The van der Waals surface area contributed by atoms with Crippen LogP contribution in [0.1, 0.15) is 31.9 Å². The minimum Gasteiger partial charge on any atom is -0.488 e. The molecule has 2 rings (SSSR count). The van der Waals surface area contributed by atoms with Crippen molar-refractivity contribution in [3.63, 3.8) is 0 Å². The molecule has 1 aliphatic heterocycles. The Morgan fingerprint density at radius 2 is 2.04 bits per heavy atom. The first-order valence-corrected chi connectivity index (χ1v) is 9.18. The molecule has 0 aromatic heterocycles. The number of ether oxygens (including phenoxy) is 2. The highest BCUT2D eigenvalue weighted by Crippen LogP contribution is 2.31. The highest BCUT2D eigenvalue weighted by Gasteiger charge is 2.32. The molecule has 0 N–H and O–H groups in total. The van der Waals surface area contributed by atoms with Crippen LogP contribution in [0.15, 0.2) is 6.07 Å². The molecule has 0 spiro atoms. The van der Waals surface area contributed by atoms with E-state index in [1.165, 1.54) is 4.90 Å². The van der Waals surface area contributed by atoms with Crippen molar-refractivity contribution in [1.82, 2.24) is 9.80 Å². The Hall–Kier alpha value is -2.02. The lowest BCUT2D eigenvalue weighted by Crippen LogP contribution is -2.56. The average Bonchev–Trinajstić information content (AvgIpc) is 2.58. The van der Waals surface area contributed by atoms with Gasteiger partial charge in [0.15, 0.2) is 11.6 Å². The van der Waals surface area contributed by atoms with E-state index in [0.29, 0.717) is 29.2 Å². The molecule has 150 valence electrons. The molecular weight excluding hydrogens is 375 g/mol. The number of nitrogens with zero attached hydrogens (tertiary/aromatic N) is 2. The van der Waals surface area contributed by atoms with E-state index in [1.54, 1.807) is 45.6 Å². The Morgan fingerprint density at radius 1 is 1.37 bits per heavy atom. The third-order valence-electron chi connectivity index (χ3n) is 4.32. The zero-order valence-electron chi connectivity index (χ0n) is 16.3. The zero-order valence-corrected chi connectivity index (χ0v) is 17.1. The average molecular weight is 401 g/mol. The van der Waals surface area contributed by atoms with Crippen LogP contribution >= 0.6 is 11.6 Å². The van der Waals surface area contributed by atoms with Gasteiger partial charge >= 0.3 is 6.09 Å². The largest absolute Gasteiger partial charge is 0.488 e. The van der Waals surface area contributed by atoms with Crippen molar-refractivity contribution in [2.75, 3.05) is 26.2 Å². The summed E-state index contributed by atoms with van der Waals surface area (Å²) in [6.45, 7) is 9.69. The van der Waals surface area contributed by atoms with Gasteiger partial charge in [-0.15, -0.1) is 0 Å². The minimum atomic E-state index is -0.605. The van der Waals surface area contributed by atoms with Gasteiger partial charge in [0.1, 0.15) is 12.2 Å². The number of piperazine rings is 1. The molecule has 0 aliphatic carbocycles. The number of aryl methyl sites for hydroxylation is 1. The maximum Gasteiger partial charge on any atom is 0.410 e. The molecule has 0 bridgehead atoms. The molecule has 1 aromatic carbocycles. The van der Waals surface area contributed by atoms with Crippen molar-refractivity contribution >= 4 is 24.1 Å². The van der Waals surface area contributed by atoms with Crippen LogP contribution in [0.25, 0.3) is 0 Å². The molecule has 1 aromatic rings. The Morgan fingerprint density at radius 3 is 2.63 bits per heavy atom. The van der Waals surface area contributed by atoms with E-state index < -0.39 is 23.6 Å². The Kier molecular flexibility index (Phi) is 6.57. The topological polar surface area (TPSA) is 59.1 Å². The fourth-order valence-electron chi connectivity index (χ4n) is 2.82. The van der Waals surface area contributed by atoms with Gasteiger partial charge in [-0.3, -0.25) is 4.79 Å². The Labute approximate surface area is 164 Å². The van der Waals surface area contributed by atoms with Gasteiger partial charge in [0.2, 0.25) is 6.41 Å². The van der Waals surface area contributed by atoms with Gasteiger partial charge in [0.05, 0.1) is 6.04 Å². The lowest BCUT2D eigenvalue weighted by molar-refractivity contribution is -0.123. The van der Waals surface area contributed by atoms with Crippen LogP contribution in [0.3, 0.4) is 0 Å². The van der Waals surface area contributed by atoms with Crippen molar-refractivity contribution < 1.29 is 23.5 Å². The summed E-state index contributed by atoms with van der Waals surface area (Å²) in [6, 6.07) is 1.24. The first kappa shape index (κ1) is 21.3. The van der Waals surface area contributed by atoms with E-state index >= 15 is 0 Å². The summed E-state index contributed by atoms with van der Waals surface area (Å²) in [5, 5.41) is 0.334. The molecule has 2 amide bonds. The van der Waals surface area contributed by atoms with E-state index in [0.717, 1.165) is 6.41 Å². The van der Waals surface area contributed by atoms with Gasteiger partial charge < -0.3 is 19.3 Å². The van der Waals surface area contributed by atoms with Crippen molar-refractivity contribution in [1.29, 1.82) is 0 Å². The number of hydrogen-bond acceptors (Lipinski definition) is 4. The second-order valence-corrected chi connectivity index (χ2v) is 8.09. The van der Waals surface area contributed by atoms with E-state index in [4.69, 9.17) is 21.1 Å². The van der Waals surface area contributed by atoms with Crippen LogP contribution in [0.5, 0.6) is 5.75 Å². The van der Waals surface area contributed by atoms with Crippen LogP contribution in [0, 0.1) is 19.7 Å². The van der Waals surface area contributed by atoms with E-state index in [9.17, 15) is 14.0 Å². The van der Waals surface area contributed by atoms with Crippen molar-refractivity contribution in [2.45, 2.75) is 46.3 Å². The summed E-state index contributed by atoms with van der Waals surface area (Å²) >= 11 is 5.98. The van der Waals surface area contributed by atoms with Crippen LogP contribution in [0.2, 0.25) is 5.02 Å². The number of hydrogen-bond donors (Lipinski definition) is 0. The number of halogens is 2. The van der Waals surface area contributed by atoms with E-state index in [2.05, 4.69) is 0 Å². The van der Waals surface area contributed by atoms with Crippen LogP contribution in [0.4, 0.5) is 9.18 Å². The molecule has 6 nitrogen and oxygen atoms in total. The Bertz CT molecular complexity index is 721. The maximum absolute atomic E-state index is 14.5. The fraction of sp³-hybridized carbons (Fsp3) is 0.579. The lowest BCUT2D eigenvalue weighted by Gasteiger charge is -2.39. The first-order valence-electron chi connectivity index (χ1n) is 8.80. The fourth-order valence-corrected chi connectivity index (χ4v) is 3.06. The van der Waals surface area contributed by atoms with Gasteiger partial charge in [-0.25, -0.2) is 9.18 Å². The highest BCUT2D eigenvalue weighted by atomic mass is 35.5. The predicted octanol–water partition coefficient (Wildman–Crippen LogP) is 3.55. The molecule has 1 unspecified atom stereocenters. The van der Waals surface area contributed by atoms with Gasteiger partial charge in [-0.05, 0) is 46.2 Å². The third kappa shape index (κ3) is 5.25. The van der Waals surface area contributed by atoms with Gasteiger partial charge in [0.25, 0.3) is 0 Å². The van der Waals surface area contributed by atoms with Crippen molar-refractivity contribution in [3.05, 3.63) is 28.0 Å². The number of carbonyl (C=O) groups excluding carboxylic acids is 2. The third-order valence-corrected chi connectivity index (χ3v) is 4.72. The lowest BCUT2D eigenvalue weighted by atomic mass is 10.1. The van der Waals surface area contributed by atoms with Crippen molar-refractivity contribution in [2.24, 2.45) is 0 Å². The quantitative estimate of drug-likeness (QED) is 0.725. The van der Waals surface area contributed by atoms with Crippen LogP contribution < -0.4 is 4.74 Å². The monoisotopic (exact) mass is 400 g/mol. The number of benzene rings is 1. The Balaban J connectivity index is 2.10. The number of amides is 2. The summed E-state index contributed by atoms with van der Waals surface area (Å²) in [5.41, 5.74) is 0.274. The standard InChI is InChI=1S/C19H26ClFN2O4/c1-12-8-15(20)13(2)16(21)17(12)26-10-14-9-22(6-7-23(14)11-24)18(25)27-19(3,4)5/h8,11,14H,6-7,9-10H2,1-5H3. The second kappa shape index (κ2) is 8.33. The summed E-state index contributed by atoms with van der Waals surface area (Å²) in [7, 11) is 0. The highest BCUT2D eigenvalue weighted by molar-refractivity contribution is 6.31. The molecule has 27 heavy (non-hydrogen) atoms. The summed E-state index contributed by atoms with van der Waals surface area (Å²) in [6.07, 6.45) is 0.277. The van der Waals surface area contributed by atoms with Gasteiger partial charge in [0, 0.05) is 30.2 Å². The minimum absolute atomic E-state index is 0.0525. The summed E-state index contributed by atoms with van der Waals surface area (Å²) in [5.74, 6) is -0.408. The summed E-state index contributed by atoms with van der Waals surface area (Å²) in [4.78, 5) is 26.8. The normalized spacial score (nSPS) is 17.7. The molecular formula is C19H26ClFN2O4. The van der Waals surface area contributed by atoms with E-state index in [1.807, 2.05) is 0 Å². The smallest absolute Gasteiger partial charge is 0.410 e. The summed E-state index contributed by atoms with van der Waals surface area (Å²) < 4.78 is 25.6. The molecule has 0 radical (unpaired) electrons. The first-order chi connectivity index (χ1) is 12.5. The van der Waals surface area contributed by atoms with Crippen LogP contribution in [-0.2, 0) is 9.53 Å². The molecule has 8 heteroatoms. The molecule has 0 saturated carbocycles. The van der Waals surface area contributed by atoms with Gasteiger partial charge in [-0.2, -0.15) is 0 Å². The second-order valence-electron chi connectivity index (χ2n) is 7.68. The molecule has 1 atom stereocenters. The number of carbonyl (C=O) groups is 2. The molecule has 1 saturated heterocycles.